The molecule has 1 heterocycles. The minimum absolute atomic E-state index is 0.227. The van der Waals surface area contributed by atoms with Crippen LogP contribution in [0, 0.1) is 6.92 Å². The third kappa shape index (κ3) is 4.43. The number of nitrogens with zero attached hydrogens (tertiary/aromatic N) is 1. The van der Waals surface area contributed by atoms with Gasteiger partial charge in [0.1, 0.15) is 13.1 Å². The predicted molar refractivity (Wildman–Crippen MR) is 84.5 cm³/mol. The predicted octanol–water partition coefficient (Wildman–Crippen LogP) is 1.23. The maximum atomic E-state index is 12.2. The summed E-state index contributed by atoms with van der Waals surface area (Å²) >= 11 is 0.749. The number of hydrogen-bond acceptors (Lipinski definition) is 5. The highest BCUT2D eigenvalue weighted by Gasteiger charge is 2.36. The second kappa shape index (κ2) is 7.10. The number of carbonyl (C=O) groups is 4. The van der Waals surface area contributed by atoms with Gasteiger partial charge in [0.05, 0.1) is 4.91 Å². The highest BCUT2D eigenvalue weighted by atomic mass is 32.2. The van der Waals surface area contributed by atoms with Gasteiger partial charge in [0.15, 0.2) is 0 Å². The fourth-order valence-electron chi connectivity index (χ4n) is 1.82. The smallest absolute Gasteiger partial charge is 0.322 e. The lowest BCUT2D eigenvalue weighted by molar-refractivity contribution is -0.138. The molecule has 23 heavy (non-hydrogen) atoms. The number of aryl methyl sites for hydroxylation is 1. The Morgan fingerprint density at radius 3 is 2.52 bits per heavy atom. The summed E-state index contributed by atoms with van der Waals surface area (Å²) < 4.78 is 0. The van der Waals surface area contributed by atoms with Crippen LogP contribution in [-0.2, 0) is 14.4 Å². The second-order valence-electron chi connectivity index (χ2n) is 4.85. The van der Waals surface area contributed by atoms with Crippen LogP contribution in [0.25, 0.3) is 6.08 Å². The molecule has 1 aromatic rings. The Bertz CT molecular complexity index is 696. The number of thioether (sulfide) groups is 1. The lowest BCUT2D eigenvalue weighted by Gasteiger charge is -2.11. The van der Waals surface area contributed by atoms with E-state index in [1.54, 1.807) is 6.08 Å². The number of imide groups is 1. The Kier molecular flexibility index (Phi) is 5.17. The van der Waals surface area contributed by atoms with Crippen molar-refractivity contribution in [2.45, 2.75) is 6.92 Å². The zero-order valence-electron chi connectivity index (χ0n) is 12.2. The molecule has 0 saturated carbocycles. The van der Waals surface area contributed by atoms with E-state index in [1.807, 2.05) is 31.2 Å². The van der Waals surface area contributed by atoms with Gasteiger partial charge in [0.25, 0.3) is 11.1 Å². The number of amides is 3. The average molecular weight is 334 g/mol. The van der Waals surface area contributed by atoms with Crippen LogP contribution >= 0.6 is 11.8 Å². The average Bonchev–Trinajstić information content (AvgIpc) is 2.75. The van der Waals surface area contributed by atoms with E-state index in [9.17, 15) is 19.2 Å². The lowest BCUT2D eigenvalue weighted by atomic mass is 10.1. The van der Waals surface area contributed by atoms with Gasteiger partial charge in [-0.25, -0.2) is 0 Å². The van der Waals surface area contributed by atoms with Gasteiger partial charge in [-0.15, -0.1) is 0 Å². The highest BCUT2D eigenvalue weighted by Crippen LogP contribution is 2.31. The molecule has 0 unspecified atom stereocenters. The summed E-state index contributed by atoms with van der Waals surface area (Å²) in [7, 11) is 0. The molecule has 1 aromatic carbocycles. The van der Waals surface area contributed by atoms with Gasteiger partial charge in [-0.1, -0.05) is 29.8 Å². The van der Waals surface area contributed by atoms with E-state index < -0.39 is 36.1 Å². The first-order valence-electron chi connectivity index (χ1n) is 6.67. The van der Waals surface area contributed by atoms with Crippen LogP contribution in [0.3, 0.4) is 0 Å². The van der Waals surface area contributed by atoms with Gasteiger partial charge < -0.3 is 10.4 Å². The zero-order valence-corrected chi connectivity index (χ0v) is 13.1. The summed E-state index contributed by atoms with van der Waals surface area (Å²) in [5.41, 5.74) is 1.85. The van der Waals surface area contributed by atoms with Crippen LogP contribution in [0.4, 0.5) is 4.79 Å². The van der Waals surface area contributed by atoms with E-state index in [-0.39, 0.29) is 4.91 Å². The molecule has 0 bridgehead atoms. The van der Waals surface area contributed by atoms with Gasteiger partial charge in [0, 0.05) is 0 Å². The minimum atomic E-state index is -1.20. The third-order valence-corrected chi connectivity index (χ3v) is 3.89. The largest absolute Gasteiger partial charge is 0.480 e. The monoisotopic (exact) mass is 334 g/mol. The van der Waals surface area contributed by atoms with Gasteiger partial charge in [0.2, 0.25) is 5.91 Å². The normalized spacial score (nSPS) is 16.0. The van der Waals surface area contributed by atoms with E-state index in [0.717, 1.165) is 27.8 Å². The number of aliphatic carboxylic acids is 1. The Morgan fingerprint density at radius 1 is 1.26 bits per heavy atom. The van der Waals surface area contributed by atoms with Crippen LogP contribution in [0.5, 0.6) is 0 Å². The number of rotatable bonds is 5. The molecular weight excluding hydrogens is 320 g/mol. The van der Waals surface area contributed by atoms with Crippen LogP contribution < -0.4 is 5.32 Å². The zero-order chi connectivity index (χ0) is 17.0. The Balaban J connectivity index is 2.06. The molecule has 1 aliphatic heterocycles. The molecule has 2 N–H and O–H groups in total. The Hall–Kier alpha value is -2.61. The van der Waals surface area contributed by atoms with Crippen LogP contribution in [0.1, 0.15) is 11.1 Å². The lowest BCUT2D eigenvalue weighted by Crippen LogP contribution is -2.41. The first-order chi connectivity index (χ1) is 10.9. The second-order valence-corrected chi connectivity index (χ2v) is 5.84. The molecule has 1 fully saturated rings. The number of carbonyl (C=O) groups excluding carboxylic acids is 3. The van der Waals surface area contributed by atoms with E-state index in [0.29, 0.717) is 0 Å². The number of carboxylic acid groups (broad SMARTS) is 1. The molecule has 8 heteroatoms. The van der Waals surface area contributed by atoms with E-state index in [1.165, 1.54) is 0 Å². The van der Waals surface area contributed by atoms with Crippen molar-refractivity contribution < 1.29 is 24.3 Å². The third-order valence-electron chi connectivity index (χ3n) is 2.99. The van der Waals surface area contributed by atoms with E-state index >= 15 is 0 Å². The molecular formula is C15H14N2O5S. The van der Waals surface area contributed by atoms with Crippen molar-refractivity contribution in [1.29, 1.82) is 0 Å². The summed E-state index contributed by atoms with van der Waals surface area (Å²) in [6, 6.07) is 7.41. The van der Waals surface area contributed by atoms with Crippen molar-refractivity contribution in [3.05, 3.63) is 40.3 Å². The standard InChI is InChI=1S/C15H14N2O5S/c1-9-2-4-10(5-3-9)6-11-14(21)17(15(22)23-11)8-12(18)16-7-13(19)20/h2-6H,7-8H2,1H3,(H,16,18)(H,19,20)/b11-6-. The van der Waals surface area contributed by atoms with Crippen molar-refractivity contribution in [2.75, 3.05) is 13.1 Å². The SMILES string of the molecule is Cc1ccc(/C=C2\SC(=O)N(CC(=O)NCC(=O)O)C2=O)cc1. The molecule has 0 aliphatic carbocycles. The van der Waals surface area contributed by atoms with E-state index in [4.69, 9.17) is 5.11 Å². The van der Waals surface area contributed by atoms with Crippen LogP contribution in [0.15, 0.2) is 29.2 Å². The summed E-state index contributed by atoms with van der Waals surface area (Å²) in [4.78, 5) is 47.0. The maximum Gasteiger partial charge on any atom is 0.322 e. The number of hydrogen-bond donors (Lipinski definition) is 2. The van der Waals surface area contributed by atoms with Crippen molar-refractivity contribution in [3.63, 3.8) is 0 Å². The first kappa shape index (κ1) is 16.8. The minimum Gasteiger partial charge on any atom is -0.480 e. The van der Waals surface area contributed by atoms with Gasteiger partial charge in [-0.3, -0.25) is 24.1 Å². The van der Waals surface area contributed by atoms with Gasteiger partial charge >= 0.3 is 5.97 Å². The topological polar surface area (TPSA) is 104 Å². The molecule has 0 atom stereocenters. The number of nitrogens with one attached hydrogen (secondary N) is 1. The van der Waals surface area contributed by atoms with Gasteiger partial charge in [-0.05, 0) is 30.3 Å². The summed E-state index contributed by atoms with van der Waals surface area (Å²) in [5.74, 6) is -2.47. The number of carboxylic acids is 1. The van der Waals surface area contributed by atoms with Crippen molar-refractivity contribution in [2.24, 2.45) is 0 Å². The van der Waals surface area contributed by atoms with Crippen LogP contribution in [-0.4, -0.2) is 46.1 Å². The molecule has 0 aromatic heterocycles. The molecule has 2 rings (SSSR count). The van der Waals surface area contributed by atoms with Gasteiger partial charge in [-0.2, -0.15) is 0 Å². The fraction of sp³-hybridized carbons (Fsp3) is 0.200. The van der Waals surface area contributed by atoms with Crippen LogP contribution in [0.2, 0.25) is 0 Å². The van der Waals surface area contributed by atoms with Crippen molar-refractivity contribution in [1.82, 2.24) is 10.2 Å². The Labute approximate surface area is 136 Å². The molecule has 0 spiro atoms. The summed E-state index contributed by atoms with van der Waals surface area (Å²) in [5, 5.41) is 10.0. The molecule has 3 amide bonds. The molecule has 7 nitrogen and oxygen atoms in total. The highest BCUT2D eigenvalue weighted by molar-refractivity contribution is 8.18. The Morgan fingerprint density at radius 2 is 1.91 bits per heavy atom. The van der Waals surface area contributed by atoms with Crippen molar-refractivity contribution in [3.8, 4) is 0 Å². The quantitative estimate of drug-likeness (QED) is 0.785. The number of benzene rings is 1. The maximum absolute atomic E-state index is 12.2. The fourth-order valence-corrected chi connectivity index (χ4v) is 2.66. The summed E-state index contributed by atoms with van der Waals surface area (Å²) in [6.07, 6.45) is 1.58. The molecule has 1 aliphatic rings. The molecule has 120 valence electrons. The van der Waals surface area contributed by atoms with Crippen molar-refractivity contribution >= 4 is 40.9 Å². The molecule has 0 radical (unpaired) electrons. The molecule has 1 saturated heterocycles. The van der Waals surface area contributed by atoms with E-state index in [2.05, 4.69) is 5.32 Å². The first-order valence-corrected chi connectivity index (χ1v) is 7.49. The summed E-state index contributed by atoms with van der Waals surface area (Å²) in [6.45, 7) is 0.880.